The molecular weight excluding hydrogens is 650 g/mol. The molecule has 0 aliphatic carbocycles. The minimum Gasteiger partial charge on any atom is -0.394 e. The van der Waals surface area contributed by atoms with Crippen molar-refractivity contribution in [2.24, 2.45) is 0 Å². The average molecular weight is 676 g/mol. The maximum atomic E-state index is 13.1. The average Bonchev–Trinajstić information content (AvgIpc) is 3.73. The van der Waals surface area contributed by atoms with E-state index in [1.54, 1.807) is 0 Å². The van der Waals surface area contributed by atoms with Crippen LogP contribution < -0.4 is 17.0 Å². The smallest absolute Gasteiger partial charge is 0.394 e. The van der Waals surface area contributed by atoms with Crippen LogP contribution in [0.2, 0.25) is 0 Å². The molecule has 25 heteroatoms. The predicted octanol–water partition coefficient (Wildman–Crippen LogP) is -3.10. The molecule has 0 radical (unpaired) electrons. The number of anilines is 2. The molecule has 244 valence electrons. The highest BCUT2D eigenvalue weighted by Gasteiger charge is 2.51. The standard InChI is InChI=1S/C20H26N10O13P2/c21-14-8-15(24-3-23-14)29(4-25-8)18-11(33)12(42-44(35)36)7(41-18)2-39-45(37,38)43-13-10(32)6(1-31)40-19(13)30-5-26-9-16(30)27-20(22)28-17(9)34/h3-7,10-13,18-19,31-33,44H,1-2H2,(H,35,36)(H,37,38)(H2,21,23,24)(H3,22,27,28,34)/t6?,7?,10-,11-,12-,13-,18-,19-/m1/s1. The summed E-state index contributed by atoms with van der Waals surface area (Å²) in [4.78, 5) is 54.4. The molecule has 6 heterocycles. The molecule has 2 saturated heterocycles. The Bertz CT molecular complexity index is 1850. The van der Waals surface area contributed by atoms with Crippen LogP contribution in [0.15, 0.2) is 23.8 Å². The van der Waals surface area contributed by atoms with Gasteiger partial charge in [-0.1, -0.05) is 0 Å². The number of rotatable bonds is 10. The van der Waals surface area contributed by atoms with Gasteiger partial charge in [0.25, 0.3) is 5.56 Å². The van der Waals surface area contributed by atoms with Crippen LogP contribution in [0.4, 0.5) is 11.8 Å². The van der Waals surface area contributed by atoms with Gasteiger partial charge >= 0.3 is 16.1 Å². The number of aliphatic hydroxyl groups is 3. The zero-order chi connectivity index (χ0) is 32.2. The molecule has 2 aliphatic rings. The van der Waals surface area contributed by atoms with Gasteiger partial charge in [-0.15, -0.1) is 0 Å². The number of imidazole rings is 2. The van der Waals surface area contributed by atoms with Crippen LogP contribution in [0.5, 0.6) is 0 Å². The maximum Gasteiger partial charge on any atom is 0.472 e. The van der Waals surface area contributed by atoms with Crippen molar-refractivity contribution in [1.82, 2.24) is 39.0 Å². The number of fused-ring (bicyclic) bond motifs is 2. The van der Waals surface area contributed by atoms with Crippen LogP contribution in [-0.2, 0) is 32.2 Å². The van der Waals surface area contributed by atoms with Gasteiger partial charge in [0.05, 0.1) is 25.9 Å². The summed E-state index contributed by atoms with van der Waals surface area (Å²) in [6, 6.07) is 0. The number of hydrogen-bond donors (Lipinski definition) is 8. The monoisotopic (exact) mass is 676 g/mol. The first-order valence-electron chi connectivity index (χ1n) is 12.9. The Balaban J connectivity index is 1.22. The van der Waals surface area contributed by atoms with Crippen molar-refractivity contribution in [1.29, 1.82) is 0 Å². The van der Waals surface area contributed by atoms with E-state index in [4.69, 9.17) is 34.5 Å². The Hall–Kier alpha value is -3.44. The highest BCUT2D eigenvalue weighted by atomic mass is 31.2. The minimum absolute atomic E-state index is 0.0345. The van der Waals surface area contributed by atoms with Crippen LogP contribution in [0.3, 0.4) is 0 Å². The van der Waals surface area contributed by atoms with Crippen molar-refractivity contribution in [2.45, 2.75) is 49.1 Å². The summed E-state index contributed by atoms with van der Waals surface area (Å²) in [7, 11) is -8.83. The van der Waals surface area contributed by atoms with E-state index >= 15 is 0 Å². The van der Waals surface area contributed by atoms with E-state index in [9.17, 15) is 39.0 Å². The molecule has 4 unspecified atom stereocenters. The lowest BCUT2D eigenvalue weighted by Gasteiger charge is -2.25. The highest BCUT2D eigenvalue weighted by Crippen LogP contribution is 2.50. The molecule has 2 aliphatic heterocycles. The summed E-state index contributed by atoms with van der Waals surface area (Å²) < 4.78 is 53.8. The van der Waals surface area contributed by atoms with E-state index in [-0.39, 0.29) is 34.1 Å². The number of nitrogens with two attached hydrogens (primary N) is 2. The summed E-state index contributed by atoms with van der Waals surface area (Å²) >= 11 is 0. The first-order valence-corrected chi connectivity index (χ1v) is 15.6. The zero-order valence-corrected chi connectivity index (χ0v) is 24.4. The van der Waals surface area contributed by atoms with Gasteiger partial charge in [-0.3, -0.25) is 32.5 Å². The van der Waals surface area contributed by atoms with E-state index < -0.39 is 83.9 Å². The lowest BCUT2D eigenvalue weighted by Crippen LogP contribution is -2.36. The number of ether oxygens (including phenoxy) is 2. The van der Waals surface area contributed by atoms with Gasteiger partial charge < -0.3 is 50.6 Å². The van der Waals surface area contributed by atoms with Crippen molar-refractivity contribution in [3.63, 3.8) is 0 Å². The molecule has 0 bridgehead atoms. The number of nitrogens with zero attached hydrogens (tertiary/aromatic N) is 7. The molecule has 2 fully saturated rings. The van der Waals surface area contributed by atoms with Crippen molar-refractivity contribution < 1.29 is 57.3 Å². The first-order chi connectivity index (χ1) is 21.4. The number of aromatic amines is 1. The van der Waals surface area contributed by atoms with Crippen molar-refractivity contribution in [2.75, 3.05) is 24.7 Å². The highest BCUT2D eigenvalue weighted by molar-refractivity contribution is 7.47. The van der Waals surface area contributed by atoms with Crippen LogP contribution in [0.25, 0.3) is 22.3 Å². The van der Waals surface area contributed by atoms with E-state index in [2.05, 4.69) is 29.9 Å². The summed E-state index contributed by atoms with van der Waals surface area (Å²) in [6.07, 6.45) is -8.68. The number of phosphoric acid groups is 1. The van der Waals surface area contributed by atoms with Crippen LogP contribution in [-0.4, -0.2) is 114 Å². The Morgan fingerprint density at radius 2 is 1.69 bits per heavy atom. The van der Waals surface area contributed by atoms with Gasteiger partial charge in [-0.25, -0.2) is 24.5 Å². The van der Waals surface area contributed by atoms with Crippen molar-refractivity contribution >= 4 is 50.2 Å². The Labute approximate surface area is 249 Å². The second-order valence-corrected chi connectivity index (χ2v) is 12.0. The third-order valence-electron chi connectivity index (χ3n) is 7.08. The molecule has 4 aromatic rings. The van der Waals surface area contributed by atoms with Gasteiger partial charge in [0, 0.05) is 0 Å². The predicted molar refractivity (Wildman–Crippen MR) is 146 cm³/mol. The van der Waals surface area contributed by atoms with Crippen LogP contribution >= 0.6 is 16.1 Å². The largest absolute Gasteiger partial charge is 0.472 e. The van der Waals surface area contributed by atoms with E-state index in [1.165, 1.54) is 10.9 Å². The van der Waals surface area contributed by atoms with Gasteiger partial charge in [0.2, 0.25) is 5.95 Å². The molecule has 4 aromatic heterocycles. The van der Waals surface area contributed by atoms with Gasteiger partial charge in [-0.05, 0) is 0 Å². The minimum atomic E-state index is -5.17. The molecule has 45 heavy (non-hydrogen) atoms. The lowest BCUT2D eigenvalue weighted by molar-refractivity contribution is -0.0609. The fraction of sp³-hybridized carbons (Fsp3) is 0.500. The number of nitrogen functional groups attached to an aromatic ring is 2. The molecule has 0 saturated carbocycles. The maximum absolute atomic E-state index is 13.1. The topological polar surface area (TPSA) is 341 Å². The summed E-state index contributed by atoms with van der Waals surface area (Å²) in [5.41, 5.74) is 10.8. The third kappa shape index (κ3) is 5.85. The second kappa shape index (κ2) is 12.1. The number of aliphatic hydroxyl groups excluding tert-OH is 3. The van der Waals surface area contributed by atoms with Crippen LogP contribution in [0.1, 0.15) is 12.5 Å². The van der Waals surface area contributed by atoms with Crippen molar-refractivity contribution in [3.05, 3.63) is 29.3 Å². The Kier molecular flexibility index (Phi) is 8.45. The normalized spacial score (nSPS) is 30.7. The molecule has 0 amide bonds. The summed E-state index contributed by atoms with van der Waals surface area (Å²) in [5.74, 6) is -0.244. The fourth-order valence-corrected chi connectivity index (χ4v) is 6.55. The fourth-order valence-electron chi connectivity index (χ4n) is 5.09. The number of H-pyrrole nitrogens is 1. The van der Waals surface area contributed by atoms with Gasteiger partial charge in [0.1, 0.15) is 48.5 Å². The molecule has 0 spiro atoms. The van der Waals surface area contributed by atoms with Crippen molar-refractivity contribution in [3.8, 4) is 0 Å². The number of phosphoric ester groups is 1. The third-order valence-corrected chi connectivity index (χ3v) is 8.54. The lowest BCUT2D eigenvalue weighted by atomic mass is 10.1. The van der Waals surface area contributed by atoms with E-state index in [0.29, 0.717) is 0 Å². The van der Waals surface area contributed by atoms with E-state index in [0.717, 1.165) is 17.2 Å². The molecule has 10 N–H and O–H groups in total. The van der Waals surface area contributed by atoms with Gasteiger partial charge in [-0.2, -0.15) is 4.98 Å². The number of hydrogen-bond acceptors (Lipinski definition) is 18. The molecule has 6 rings (SSSR count). The molecule has 0 aromatic carbocycles. The summed E-state index contributed by atoms with van der Waals surface area (Å²) in [6.45, 7) is -1.57. The number of nitrogens with one attached hydrogen (secondary N) is 1. The SMILES string of the molecule is Nc1nc2c(ncn2[C@@H]2OC(CO)[C@@H](O)[C@H]2OP(=O)(O)OCC2O[C@@H](n3cnc4c(N)ncnc43)[C@H](O)[C@@H]2O[PH](=O)O)c(=O)[nH]1. The van der Waals surface area contributed by atoms with Crippen LogP contribution in [0, 0.1) is 0 Å². The summed E-state index contributed by atoms with van der Waals surface area (Å²) in [5, 5.41) is 31.4. The van der Waals surface area contributed by atoms with Gasteiger partial charge in [0.15, 0.2) is 35.1 Å². The molecule has 23 nitrogen and oxygen atoms in total. The Morgan fingerprint density at radius 3 is 2.40 bits per heavy atom. The zero-order valence-electron chi connectivity index (χ0n) is 22.5. The second-order valence-electron chi connectivity index (χ2n) is 9.83. The molecular formula is C20H26N10O13P2. The molecule has 10 atom stereocenters. The Morgan fingerprint density at radius 1 is 1.00 bits per heavy atom. The van der Waals surface area contributed by atoms with E-state index in [1.807, 2.05) is 0 Å². The quantitative estimate of drug-likeness (QED) is 0.0771. The first kappa shape index (κ1) is 31.5. The number of aromatic nitrogens is 8.